The van der Waals surface area contributed by atoms with E-state index in [2.05, 4.69) is 20.5 Å². The van der Waals surface area contributed by atoms with E-state index in [1.54, 1.807) is 10.9 Å². The third-order valence-corrected chi connectivity index (χ3v) is 3.19. The van der Waals surface area contributed by atoms with Crippen molar-refractivity contribution in [2.24, 2.45) is 0 Å². The van der Waals surface area contributed by atoms with Crippen molar-refractivity contribution in [1.29, 1.82) is 0 Å². The molecule has 0 unspecified atom stereocenters. The summed E-state index contributed by atoms with van der Waals surface area (Å²) in [7, 11) is 0. The number of nitrogens with zero attached hydrogens (tertiary/aromatic N) is 5. The second-order valence-electron chi connectivity index (χ2n) is 4.67. The molecule has 2 aromatic heterocycles. The van der Waals surface area contributed by atoms with Crippen LogP contribution in [0.15, 0.2) is 71.4 Å². The first kappa shape index (κ1) is 12.5. The van der Waals surface area contributed by atoms with Crippen LogP contribution in [0.3, 0.4) is 0 Å². The highest BCUT2D eigenvalue weighted by Crippen LogP contribution is 2.20. The van der Waals surface area contributed by atoms with Crippen LogP contribution < -0.4 is 0 Å². The van der Waals surface area contributed by atoms with Crippen LogP contribution in [-0.4, -0.2) is 25.1 Å². The van der Waals surface area contributed by atoms with Crippen molar-refractivity contribution in [2.45, 2.75) is 0 Å². The molecule has 2 aromatic carbocycles. The van der Waals surface area contributed by atoms with Gasteiger partial charge in [-0.15, -0.1) is 5.10 Å². The molecule has 22 heavy (non-hydrogen) atoms. The van der Waals surface area contributed by atoms with Gasteiger partial charge in [0, 0.05) is 5.56 Å². The van der Waals surface area contributed by atoms with Gasteiger partial charge in [-0.25, -0.2) is 4.68 Å². The molecule has 0 spiro atoms. The summed E-state index contributed by atoms with van der Waals surface area (Å²) in [6.07, 6.45) is 1.77. The Balaban J connectivity index is 1.66. The summed E-state index contributed by atoms with van der Waals surface area (Å²) in [5.41, 5.74) is 2.36. The highest BCUT2D eigenvalue weighted by Gasteiger charge is 2.13. The fourth-order valence-electron chi connectivity index (χ4n) is 2.10. The molecule has 6 nitrogen and oxygen atoms in total. The zero-order chi connectivity index (χ0) is 14.8. The summed E-state index contributed by atoms with van der Waals surface area (Å²) in [6.45, 7) is 0. The number of para-hydroxylation sites is 1. The van der Waals surface area contributed by atoms with E-state index in [0.717, 1.165) is 11.3 Å². The summed E-state index contributed by atoms with van der Waals surface area (Å²) in [4.78, 5) is 4.36. The molecule has 4 aromatic rings. The van der Waals surface area contributed by atoms with Crippen LogP contribution in [0.2, 0.25) is 0 Å². The van der Waals surface area contributed by atoms with Crippen molar-refractivity contribution in [3.8, 4) is 28.7 Å². The maximum Gasteiger partial charge on any atom is 0.258 e. The average Bonchev–Trinajstić information content (AvgIpc) is 3.26. The zero-order valence-corrected chi connectivity index (χ0v) is 11.5. The molecule has 0 atom stereocenters. The van der Waals surface area contributed by atoms with Crippen LogP contribution in [-0.2, 0) is 0 Å². The van der Waals surface area contributed by atoms with Gasteiger partial charge >= 0.3 is 0 Å². The van der Waals surface area contributed by atoms with E-state index in [4.69, 9.17) is 4.52 Å². The van der Waals surface area contributed by atoms with Crippen LogP contribution >= 0.6 is 0 Å². The minimum Gasteiger partial charge on any atom is -0.334 e. The molecule has 0 saturated heterocycles. The lowest BCUT2D eigenvalue weighted by molar-refractivity contribution is 0.432. The largest absolute Gasteiger partial charge is 0.334 e. The molecule has 0 aliphatic heterocycles. The Morgan fingerprint density at radius 1 is 0.864 bits per heavy atom. The first-order valence-electron chi connectivity index (χ1n) is 6.77. The molecule has 0 saturated carbocycles. The second-order valence-corrected chi connectivity index (χ2v) is 4.67. The maximum atomic E-state index is 5.28. The van der Waals surface area contributed by atoms with Crippen molar-refractivity contribution in [1.82, 2.24) is 25.1 Å². The fourth-order valence-corrected chi connectivity index (χ4v) is 2.10. The van der Waals surface area contributed by atoms with Crippen LogP contribution in [0.1, 0.15) is 0 Å². The Bertz CT molecular complexity index is 807. The Labute approximate surface area is 126 Å². The van der Waals surface area contributed by atoms with Crippen molar-refractivity contribution in [2.75, 3.05) is 0 Å². The van der Waals surface area contributed by atoms with Crippen LogP contribution in [0.5, 0.6) is 0 Å². The standard InChI is InChI=1S/C16H11N5O/c1-3-7-12(8-4-1)16-17-15(19-22-16)14-11-21(20-18-14)13-9-5-2-6-10-13/h1-11H. The lowest BCUT2D eigenvalue weighted by Crippen LogP contribution is -1.93. The van der Waals surface area contributed by atoms with Gasteiger partial charge in [-0.05, 0) is 24.3 Å². The third kappa shape index (κ3) is 2.26. The summed E-state index contributed by atoms with van der Waals surface area (Å²) in [5, 5.41) is 12.2. The molecule has 0 aliphatic rings. The summed E-state index contributed by atoms with van der Waals surface area (Å²) >= 11 is 0. The molecule has 0 radical (unpaired) electrons. The van der Waals surface area contributed by atoms with Gasteiger partial charge in [-0.1, -0.05) is 46.8 Å². The van der Waals surface area contributed by atoms with E-state index in [1.807, 2.05) is 60.7 Å². The van der Waals surface area contributed by atoms with Crippen LogP contribution in [0.25, 0.3) is 28.7 Å². The van der Waals surface area contributed by atoms with Gasteiger partial charge in [0.25, 0.3) is 5.89 Å². The Morgan fingerprint density at radius 2 is 1.59 bits per heavy atom. The molecule has 106 valence electrons. The van der Waals surface area contributed by atoms with E-state index in [9.17, 15) is 0 Å². The van der Waals surface area contributed by atoms with Gasteiger partial charge in [0.1, 0.15) is 0 Å². The Kier molecular flexibility index (Phi) is 2.97. The van der Waals surface area contributed by atoms with E-state index in [0.29, 0.717) is 17.4 Å². The first-order chi connectivity index (χ1) is 10.9. The number of aromatic nitrogens is 5. The molecular weight excluding hydrogens is 278 g/mol. The molecule has 6 heteroatoms. The smallest absolute Gasteiger partial charge is 0.258 e. The Hall–Kier alpha value is -3.28. The van der Waals surface area contributed by atoms with Crippen molar-refractivity contribution >= 4 is 0 Å². The first-order valence-corrected chi connectivity index (χ1v) is 6.77. The van der Waals surface area contributed by atoms with E-state index >= 15 is 0 Å². The fraction of sp³-hybridized carbons (Fsp3) is 0. The molecule has 0 bridgehead atoms. The summed E-state index contributed by atoms with van der Waals surface area (Å²) in [6, 6.07) is 19.3. The molecule has 2 heterocycles. The average molecular weight is 289 g/mol. The molecule has 0 N–H and O–H groups in total. The van der Waals surface area contributed by atoms with Crippen molar-refractivity contribution in [3.63, 3.8) is 0 Å². The van der Waals surface area contributed by atoms with Crippen molar-refractivity contribution in [3.05, 3.63) is 66.9 Å². The summed E-state index contributed by atoms with van der Waals surface area (Å²) < 4.78 is 6.96. The van der Waals surface area contributed by atoms with Crippen molar-refractivity contribution < 1.29 is 4.52 Å². The minimum atomic E-state index is 0.418. The predicted octanol–water partition coefficient (Wildman–Crippen LogP) is 2.98. The van der Waals surface area contributed by atoms with Gasteiger partial charge in [0.2, 0.25) is 5.82 Å². The SMILES string of the molecule is c1ccc(-c2nc(-c3cn(-c4ccccc4)nn3)no2)cc1. The molecule has 0 fully saturated rings. The lowest BCUT2D eigenvalue weighted by atomic mass is 10.2. The van der Waals surface area contributed by atoms with E-state index in [-0.39, 0.29) is 0 Å². The highest BCUT2D eigenvalue weighted by molar-refractivity contribution is 5.56. The normalized spacial score (nSPS) is 10.7. The summed E-state index contributed by atoms with van der Waals surface area (Å²) in [5.74, 6) is 0.880. The number of rotatable bonds is 3. The molecule has 0 aliphatic carbocycles. The minimum absolute atomic E-state index is 0.418. The zero-order valence-electron chi connectivity index (χ0n) is 11.5. The van der Waals surface area contributed by atoms with Crippen LogP contribution in [0, 0.1) is 0 Å². The third-order valence-electron chi connectivity index (χ3n) is 3.19. The molecular formula is C16H11N5O. The van der Waals surface area contributed by atoms with Gasteiger partial charge in [0.15, 0.2) is 5.69 Å². The quantitative estimate of drug-likeness (QED) is 0.580. The predicted molar refractivity (Wildman–Crippen MR) is 80.1 cm³/mol. The number of benzene rings is 2. The van der Waals surface area contributed by atoms with E-state index in [1.165, 1.54) is 0 Å². The van der Waals surface area contributed by atoms with Gasteiger partial charge in [-0.2, -0.15) is 4.98 Å². The van der Waals surface area contributed by atoms with Crippen LogP contribution in [0.4, 0.5) is 0 Å². The number of hydrogen-bond donors (Lipinski definition) is 0. The molecule has 4 rings (SSSR count). The monoisotopic (exact) mass is 289 g/mol. The lowest BCUT2D eigenvalue weighted by Gasteiger charge is -1.96. The Morgan fingerprint density at radius 3 is 2.36 bits per heavy atom. The van der Waals surface area contributed by atoms with Gasteiger partial charge in [0.05, 0.1) is 11.9 Å². The van der Waals surface area contributed by atoms with E-state index < -0.39 is 0 Å². The van der Waals surface area contributed by atoms with Gasteiger partial charge < -0.3 is 4.52 Å². The van der Waals surface area contributed by atoms with Gasteiger partial charge in [-0.3, -0.25) is 0 Å². The second kappa shape index (κ2) is 5.25. The highest BCUT2D eigenvalue weighted by atomic mass is 16.5. The number of hydrogen-bond acceptors (Lipinski definition) is 5. The maximum absolute atomic E-state index is 5.28. The topological polar surface area (TPSA) is 69.6 Å². The molecule has 0 amide bonds.